The first-order chi connectivity index (χ1) is 13.0. The molecule has 0 aliphatic heterocycles. The predicted molar refractivity (Wildman–Crippen MR) is 109 cm³/mol. The summed E-state index contributed by atoms with van der Waals surface area (Å²) in [5, 5.41) is 3.37. The number of aryl methyl sites for hydroxylation is 1. The van der Waals surface area contributed by atoms with Crippen LogP contribution in [0, 0.1) is 13.8 Å². The molecule has 2 aromatic carbocycles. The lowest BCUT2D eigenvalue weighted by Crippen LogP contribution is -2.14. The van der Waals surface area contributed by atoms with Crippen LogP contribution in [0.25, 0.3) is 0 Å². The van der Waals surface area contributed by atoms with Crippen LogP contribution in [0.1, 0.15) is 42.3 Å². The van der Waals surface area contributed by atoms with Gasteiger partial charge in [0, 0.05) is 10.4 Å². The molecule has 0 unspecified atom stereocenters. The molecule has 5 heteroatoms. The number of nitrogens with one attached hydrogen (secondary N) is 1. The summed E-state index contributed by atoms with van der Waals surface area (Å²) < 4.78 is 4.85. The SMILES string of the molecule is COC(=O)c1c(NC(=O)c2ccc(Cc3ccccc3)cc2)sc(C)c1C. The summed E-state index contributed by atoms with van der Waals surface area (Å²) in [4.78, 5) is 25.6. The van der Waals surface area contributed by atoms with E-state index in [9.17, 15) is 9.59 Å². The van der Waals surface area contributed by atoms with Crippen molar-refractivity contribution < 1.29 is 14.3 Å². The van der Waals surface area contributed by atoms with Crippen LogP contribution in [0.4, 0.5) is 5.00 Å². The second-order valence-electron chi connectivity index (χ2n) is 6.29. The van der Waals surface area contributed by atoms with E-state index in [-0.39, 0.29) is 5.91 Å². The molecule has 0 atom stereocenters. The lowest BCUT2D eigenvalue weighted by Gasteiger charge is -2.07. The molecule has 0 aliphatic rings. The molecule has 0 saturated heterocycles. The Morgan fingerprint density at radius 1 is 0.963 bits per heavy atom. The zero-order valence-corrected chi connectivity index (χ0v) is 16.4. The number of hydrogen-bond acceptors (Lipinski definition) is 4. The number of thiophene rings is 1. The fourth-order valence-electron chi connectivity index (χ4n) is 2.84. The van der Waals surface area contributed by atoms with Crippen molar-refractivity contribution in [1.29, 1.82) is 0 Å². The quantitative estimate of drug-likeness (QED) is 0.635. The Balaban J connectivity index is 1.75. The number of esters is 1. The molecular weight excluding hydrogens is 358 g/mol. The van der Waals surface area contributed by atoms with Crippen molar-refractivity contribution in [3.05, 3.63) is 87.3 Å². The van der Waals surface area contributed by atoms with Crippen molar-refractivity contribution in [1.82, 2.24) is 0 Å². The van der Waals surface area contributed by atoms with Gasteiger partial charge >= 0.3 is 5.97 Å². The van der Waals surface area contributed by atoms with Gasteiger partial charge in [0.25, 0.3) is 5.91 Å². The molecule has 4 nitrogen and oxygen atoms in total. The lowest BCUT2D eigenvalue weighted by molar-refractivity contribution is 0.0601. The molecule has 3 aromatic rings. The Kier molecular flexibility index (Phi) is 5.72. The third kappa shape index (κ3) is 4.26. The number of carbonyl (C=O) groups is 2. The number of benzene rings is 2. The Morgan fingerprint density at radius 3 is 2.22 bits per heavy atom. The minimum Gasteiger partial charge on any atom is -0.465 e. The zero-order chi connectivity index (χ0) is 19.4. The molecule has 1 aromatic heterocycles. The van der Waals surface area contributed by atoms with E-state index in [4.69, 9.17) is 4.74 Å². The number of amides is 1. The average Bonchev–Trinajstić information content (AvgIpc) is 2.96. The van der Waals surface area contributed by atoms with Gasteiger partial charge in [0.05, 0.1) is 12.7 Å². The van der Waals surface area contributed by atoms with Crippen LogP contribution in [-0.4, -0.2) is 19.0 Å². The Labute approximate surface area is 162 Å². The van der Waals surface area contributed by atoms with E-state index in [1.165, 1.54) is 24.0 Å². The van der Waals surface area contributed by atoms with Gasteiger partial charge < -0.3 is 10.1 Å². The minimum absolute atomic E-state index is 0.243. The molecule has 0 bridgehead atoms. The van der Waals surface area contributed by atoms with Crippen molar-refractivity contribution in [3.8, 4) is 0 Å². The first kappa shape index (κ1) is 18.9. The van der Waals surface area contributed by atoms with E-state index in [1.807, 2.05) is 44.2 Å². The molecule has 27 heavy (non-hydrogen) atoms. The van der Waals surface area contributed by atoms with Crippen LogP contribution in [-0.2, 0) is 11.2 Å². The number of rotatable bonds is 5. The lowest BCUT2D eigenvalue weighted by atomic mass is 10.0. The molecular formula is C22H21NO3S. The largest absolute Gasteiger partial charge is 0.465 e. The molecule has 1 heterocycles. The second-order valence-corrected chi connectivity index (χ2v) is 7.52. The maximum atomic E-state index is 12.6. The van der Waals surface area contributed by atoms with Crippen molar-refractivity contribution in [2.24, 2.45) is 0 Å². The molecule has 0 aliphatic carbocycles. The van der Waals surface area contributed by atoms with E-state index in [0.29, 0.717) is 16.1 Å². The molecule has 0 saturated carbocycles. The van der Waals surface area contributed by atoms with Gasteiger partial charge in [-0.25, -0.2) is 4.79 Å². The fraction of sp³-hybridized carbons (Fsp3) is 0.182. The van der Waals surface area contributed by atoms with E-state index in [2.05, 4.69) is 17.4 Å². The van der Waals surface area contributed by atoms with Crippen LogP contribution < -0.4 is 5.32 Å². The number of hydrogen-bond donors (Lipinski definition) is 1. The van der Waals surface area contributed by atoms with Gasteiger partial charge in [0.15, 0.2) is 0 Å². The highest BCUT2D eigenvalue weighted by molar-refractivity contribution is 7.16. The molecule has 0 spiro atoms. The molecule has 0 fully saturated rings. The first-order valence-electron chi connectivity index (χ1n) is 8.62. The van der Waals surface area contributed by atoms with Crippen LogP contribution in [0.5, 0.6) is 0 Å². The number of carbonyl (C=O) groups excluding carboxylic acids is 2. The average molecular weight is 379 g/mol. The van der Waals surface area contributed by atoms with E-state index >= 15 is 0 Å². The highest BCUT2D eigenvalue weighted by Gasteiger charge is 2.21. The maximum absolute atomic E-state index is 12.6. The smallest absolute Gasteiger partial charge is 0.341 e. The molecule has 138 valence electrons. The first-order valence-corrected chi connectivity index (χ1v) is 9.43. The monoisotopic (exact) mass is 379 g/mol. The topological polar surface area (TPSA) is 55.4 Å². The summed E-state index contributed by atoms with van der Waals surface area (Å²) in [5.41, 5.74) is 4.17. The predicted octanol–water partition coefficient (Wildman–Crippen LogP) is 4.99. The van der Waals surface area contributed by atoms with E-state index in [1.54, 1.807) is 12.1 Å². The molecule has 1 amide bonds. The minimum atomic E-state index is -0.439. The standard InChI is InChI=1S/C22H21NO3S/c1-14-15(2)27-21(19(14)22(25)26-3)23-20(24)18-11-9-17(10-12-18)13-16-7-5-4-6-8-16/h4-12H,13H2,1-3H3,(H,23,24). The van der Waals surface area contributed by atoms with Crippen LogP contribution >= 0.6 is 11.3 Å². The number of anilines is 1. The highest BCUT2D eigenvalue weighted by atomic mass is 32.1. The van der Waals surface area contributed by atoms with Gasteiger partial charge in [-0.2, -0.15) is 0 Å². The van der Waals surface area contributed by atoms with Gasteiger partial charge in [-0.15, -0.1) is 11.3 Å². The van der Waals surface area contributed by atoms with E-state index < -0.39 is 5.97 Å². The van der Waals surface area contributed by atoms with Gasteiger partial charge in [-0.3, -0.25) is 4.79 Å². The van der Waals surface area contributed by atoms with Gasteiger partial charge in [-0.1, -0.05) is 42.5 Å². The second kappa shape index (κ2) is 8.18. The summed E-state index contributed by atoms with van der Waals surface area (Å²) in [5.74, 6) is -0.682. The summed E-state index contributed by atoms with van der Waals surface area (Å²) in [6.07, 6.45) is 0.818. The van der Waals surface area contributed by atoms with Crippen LogP contribution in [0.2, 0.25) is 0 Å². The zero-order valence-electron chi connectivity index (χ0n) is 15.5. The third-order valence-corrected chi connectivity index (χ3v) is 5.59. The Morgan fingerprint density at radius 2 is 1.59 bits per heavy atom. The molecule has 3 rings (SSSR count). The Bertz CT molecular complexity index is 959. The maximum Gasteiger partial charge on any atom is 0.341 e. The summed E-state index contributed by atoms with van der Waals surface area (Å²) in [7, 11) is 1.34. The van der Waals surface area contributed by atoms with Gasteiger partial charge in [0.1, 0.15) is 5.00 Å². The molecule has 0 radical (unpaired) electrons. The van der Waals surface area contributed by atoms with Crippen molar-refractivity contribution in [2.75, 3.05) is 12.4 Å². The van der Waals surface area contributed by atoms with Gasteiger partial charge in [0.2, 0.25) is 0 Å². The third-order valence-electron chi connectivity index (χ3n) is 4.47. The molecule has 1 N–H and O–H groups in total. The van der Waals surface area contributed by atoms with Crippen molar-refractivity contribution in [3.63, 3.8) is 0 Å². The normalized spacial score (nSPS) is 10.5. The number of ether oxygens (including phenoxy) is 1. The number of methoxy groups -OCH3 is 1. The van der Waals surface area contributed by atoms with Crippen LogP contribution in [0.15, 0.2) is 54.6 Å². The Hall–Kier alpha value is -2.92. The fourth-order valence-corrected chi connectivity index (χ4v) is 3.89. The summed E-state index contributed by atoms with van der Waals surface area (Å²) in [6, 6.07) is 17.7. The summed E-state index contributed by atoms with van der Waals surface area (Å²) in [6.45, 7) is 3.77. The summed E-state index contributed by atoms with van der Waals surface area (Å²) >= 11 is 1.38. The highest BCUT2D eigenvalue weighted by Crippen LogP contribution is 2.33. The van der Waals surface area contributed by atoms with Gasteiger partial charge in [-0.05, 0) is 49.1 Å². The van der Waals surface area contributed by atoms with Crippen LogP contribution in [0.3, 0.4) is 0 Å². The van der Waals surface area contributed by atoms with E-state index in [0.717, 1.165) is 22.4 Å². The van der Waals surface area contributed by atoms with Crippen molar-refractivity contribution in [2.45, 2.75) is 20.3 Å². The van der Waals surface area contributed by atoms with Crippen molar-refractivity contribution >= 4 is 28.2 Å².